The Hall–Kier alpha value is -2.92. The van der Waals surface area contributed by atoms with Crippen LogP contribution < -0.4 is 11.1 Å². The van der Waals surface area contributed by atoms with E-state index < -0.39 is 12.0 Å². The zero-order valence-electron chi connectivity index (χ0n) is 13.4. The van der Waals surface area contributed by atoms with Gasteiger partial charge in [-0.2, -0.15) is 0 Å². The fourth-order valence-corrected chi connectivity index (χ4v) is 2.26. The van der Waals surface area contributed by atoms with Crippen LogP contribution >= 0.6 is 0 Å². The number of primary amides is 1. The van der Waals surface area contributed by atoms with E-state index in [0.717, 1.165) is 16.7 Å². The molecule has 0 saturated carbocycles. The quantitative estimate of drug-likeness (QED) is 0.709. The van der Waals surface area contributed by atoms with Crippen molar-refractivity contribution in [2.75, 3.05) is 6.54 Å². The van der Waals surface area contributed by atoms with Crippen molar-refractivity contribution < 1.29 is 14.7 Å². The van der Waals surface area contributed by atoms with E-state index in [1.165, 1.54) is 6.08 Å². The van der Waals surface area contributed by atoms with Crippen LogP contribution in [-0.2, 0) is 4.79 Å². The van der Waals surface area contributed by atoms with Crippen molar-refractivity contribution in [1.82, 2.24) is 5.32 Å². The summed E-state index contributed by atoms with van der Waals surface area (Å²) in [7, 11) is 0. The third kappa shape index (κ3) is 4.79. The summed E-state index contributed by atoms with van der Waals surface area (Å²) in [5.41, 5.74) is 8.13. The molecule has 5 heteroatoms. The van der Waals surface area contributed by atoms with Gasteiger partial charge >= 0.3 is 0 Å². The third-order valence-electron chi connectivity index (χ3n) is 3.64. The molecule has 2 amide bonds. The van der Waals surface area contributed by atoms with E-state index in [9.17, 15) is 14.7 Å². The number of aryl methyl sites for hydroxylation is 1. The average Bonchev–Trinajstić information content (AvgIpc) is 2.58. The van der Waals surface area contributed by atoms with E-state index in [2.05, 4.69) is 5.32 Å². The lowest BCUT2D eigenvalue weighted by molar-refractivity contribution is -0.116. The van der Waals surface area contributed by atoms with Gasteiger partial charge in [0.05, 0.1) is 6.10 Å². The van der Waals surface area contributed by atoms with Crippen molar-refractivity contribution in [2.45, 2.75) is 13.0 Å². The van der Waals surface area contributed by atoms with Gasteiger partial charge in [-0.1, -0.05) is 36.4 Å². The first kappa shape index (κ1) is 17.4. The molecule has 0 radical (unpaired) electrons. The molecular weight excluding hydrogens is 304 g/mol. The van der Waals surface area contributed by atoms with Crippen LogP contribution in [-0.4, -0.2) is 23.5 Å². The fourth-order valence-electron chi connectivity index (χ4n) is 2.26. The molecule has 0 spiro atoms. The highest BCUT2D eigenvalue weighted by molar-refractivity contribution is 5.94. The van der Waals surface area contributed by atoms with Gasteiger partial charge in [0, 0.05) is 18.2 Å². The number of rotatable bonds is 6. The number of carbonyl (C=O) groups excluding carboxylic acids is 2. The van der Waals surface area contributed by atoms with E-state index in [1.807, 2.05) is 31.2 Å². The Morgan fingerprint density at radius 1 is 1.17 bits per heavy atom. The van der Waals surface area contributed by atoms with Gasteiger partial charge < -0.3 is 16.2 Å². The van der Waals surface area contributed by atoms with Gasteiger partial charge in [-0.15, -0.1) is 0 Å². The number of amides is 2. The number of benzene rings is 2. The molecule has 1 atom stereocenters. The van der Waals surface area contributed by atoms with E-state index in [-0.39, 0.29) is 12.5 Å². The molecule has 5 nitrogen and oxygen atoms in total. The summed E-state index contributed by atoms with van der Waals surface area (Å²) in [4.78, 5) is 22.8. The second-order valence-electron chi connectivity index (χ2n) is 5.44. The molecule has 4 N–H and O–H groups in total. The molecule has 124 valence electrons. The van der Waals surface area contributed by atoms with Gasteiger partial charge in [0.25, 0.3) is 0 Å². The number of aliphatic hydroxyl groups is 1. The van der Waals surface area contributed by atoms with Crippen LogP contribution in [0, 0.1) is 6.92 Å². The standard InChI is InChI=1S/C19H20N2O3/c1-13-4-2-3-5-16(13)17(22)12-21-18(23)11-8-14-6-9-15(10-7-14)19(20)24/h2-11,17,22H,12H2,1H3,(H2,20,24)(H,21,23)/b11-8+. The van der Waals surface area contributed by atoms with E-state index in [1.54, 1.807) is 30.3 Å². The Morgan fingerprint density at radius 3 is 2.46 bits per heavy atom. The zero-order chi connectivity index (χ0) is 17.5. The lowest BCUT2D eigenvalue weighted by Gasteiger charge is -2.13. The van der Waals surface area contributed by atoms with Crippen LogP contribution in [0.15, 0.2) is 54.6 Å². The minimum absolute atomic E-state index is 0.134. The van der Waals surface area contributed by atoms with Crippen molar-refractivity contribution in [2.24, 2.45) is 5.73 Å². The summed E-state index contributed by atoms with van der Waals surface area (Å²) in [5, 5.41) is 12.8. The molecule has 0 heterocycles. The number of hydrogen-bond donors (Lipinski definition) is 3. The van der Waals surface area contributed by atoms with E-state index >= 15 is 0 Å². The SMILES string of the molecule is Cc1ccccc1C(O)CNC(=O)/C=C/c1ccc(C(N)=O)cc1. The van der Waals surface area contributed by atoms with Crippen molar-refractivity contribution in [3.05, 3.63) is 76.9 Å². The molecule has 2 aromatic carbocycles. The molecule has 0 fully saturated rings. The Kier molecular flexibility index (Phi) is 5.87. The minimum atomic E-state index is -0.751. The zero-order valence-corrected chi connectivity index (χ0v) is 13.4. The second-order valence-corrected chi connectivity index (χ2v) is 5.44. The molecule has 0 aromatic heterocycles. The van der Waals surface area contributed by atoms with Crippen molar-refractivity contribution in [1.29, 1.82) is 0 Å². The summed E-state index contributed by atoms with van der Waals surface area (Å²) in [6, 6.07) is 14.1. The third-order valence-corrected chi connectivity index (χ3v) is 3.64. The highest BCUT2D eigenvalue weighted by atomic mass is 16.3. The van der Waals surface area contributed by atoms with Crippen LogP contribution in [0.1, 0.15) is 33.2 Å². The summed E-state index contributed by atoms with van der Waals surface area (Å²) in [5.74, 6) is -0.796. The van der Waals surface area contributed by atoms with Crippen molar-refractivity contribution in [3.63, 3.8) is 0 Å². The maximum atomic E-state index is 11.8. The first-order chi connectivity index (χ1) is 11.5. The van der Waals surface area contributed by atoms with Gasteiger partial charge in [0.1, 0.15) is 0 Å². The maximum absolute atomic E-state index is 11.8. The number of carbonyl (C=O) groups is 2. The number of nitrogens with two attached hydrogens (primary N) is 1. The van der Waals surface area contributed by atoms with Crippen LogP contribution in [0.2, 0.25) is 0 Å². The number of nitrogens with one attached hydrogen (secondary N) is 1. The summed E-state index contributed by atoms with van der Waals surface area (Å²) < 4.78 is 0. The van der Waals surface area contributed by atoms with Gasteiger partial charge in [0.2, 0.25) is 11.8 Å². The molecule has 0 aliphatic heterocycles. The van der Waals surface area contributed by atoms with Gasteiger partial charge in [-0.05, 0) is 41.8 Å². The first-order valence-electron chi connectivity index (χ1n) is 7.57. The Labute approximate surface area is 140 Å². The van der Waals surface area contributed by atoms with Gasteiger partial charge in [0.15, 0.2) is 0 Å². The maximum Gasteiger partial charge on any atom is 0.248 e. The monoisotopic (exact) mass is 324 g/mol. The average molecular weight is 324 g/mol. The molecular formula is C19H20N2O3. The molecule has 2 aromatic rings. The lowest BCUT2D eigenvalue weighted by atomic mass is 10.0. The number of hydrogen-bond acceptors (Lipinski definition) is 3. The van der Waals surface area contributed by atoms with Gasteiger partial charge in [-0.25, -0.2) is 0 Å². The molecule has 2 rings (SSSR count). The molecule has 0 saturated heterocycles. The van der Waals surface area contributed by atoms with E-state index in [0.29, 0.717) is 5.56 Å². The normalized spacial score (nSPS) is 12.1. The first-order valence-corrected chi connectivity index (χ1v) is 7.57. The van der Waals surface area contributed by atoms with Crippen LogP contribution in [0.3, 0.4) is 0 Å². The Morgan fingerprint density at radius 2 is 1.83 bits per heavy atom. The van der Waals surface area contributed by atoms with E-state index in [4.69, 9.17) is 5.73 Å². The lowest BCUT2D eigenvalue weighted by Crippen LogP contribution is -2.26. The summed E-state index contributed by atoms with van der Waals surface area (Å²) >= 11 is 0. The molecule has 24 heavy (non-hydrogen) atoms. The van der Waals surface area contributed by atoms with Crippen molar-refractivity contribution >= 4 is 17.9 Å². The molecule has 0 aliphatic rings. The van der Waals surface area contributed by atoms with Gasteiger partial charge in [-0.3, -0.25) is 9.59 Å². The Bertz CT molecular complexity index is 751. The second kappa shape index (κ2) is 8.08. The summed E-state index contributed by atoms with van der Waals surface area (Å²) in [6.45, 7) is 2.05. The summed E-state index contributed by atoms with van der Waals surface area (Å²) in [6.07, 6.45) is 2.25. The smallest absolute Gasteiger partial charge is 0.248 e. The van der Waals surface area contributed by atoms with Crippen LogP contribution in [0.5, 0.6) is 0 Å². The molecule has 1 unspecified atom stereocenters. The Balaban J connectivity index is 1.88. The molecule has 0 aliphatic carbocycles. The minimum Gasteiger partial charge on any atom is -0.387 e. The largest absolute Gasteiger partial charge is 0.387 e. The fraction of sp³-hybridized carbons (Fsp3) is 0.158. The number of aliphatic hydroxyl groups excluding tert-OH is 1. The highest BCUT2D eigenvalue weighted by Gasteiger charge is 2.10. The highest BCUT2D eigenvalue weighted by Crippen LogP contribution is 2.16. The van der Waals surface area contributed by atoms with Crippen molar-refractivity contribution in [3.8, 4) is 0 Å². The predicted octanol–water partition coefficient (Wildman–Crippen LogP) is 1.96. The predicted molar refractivity (Wildman–Crippen MR) is 93.1 cm³/mol. The van der Waals surface area contributed by atoms with Crippen LogP contribution in [0.25, 0.3) is 6.08 Å². The van der Waals surface area contributed by atoms with Crippen LogP contribution in [0.4, 0.5) is 0 Å². The topological polar surface area (TPSA) is 92.4 Å². The molecule has 0 bridgehead atoms.